The number of hydrogen-bond donors (Lipinski definition) is 1. The summed E-state index contributed by atoms with van der Waals surface area (Å²) in [6.07, 6.45) is 0.620. The summed E-state index contributed by atoms with van der Waals surface area (Å²) < 4.78 is 1.84. The molecule has 1 aromatic heterocycles. The number of hydrogen-bond acceptors (Lipinski definition) is 4. The zero-order chi connectivity index (χ0) is 15.0. The lowest BCUT2D eigenvalue weighted by Gasteiger charge is -2.42. The molecule has 2 aliphatic heterocycles. The summed E-state index contributed by atoms with van der Waals surface area (Å²) in [4.78, 5) is 36.2. The number of carbonyl (C=O) groups is 2. The zero-order valence-corrected chi connectivity index (χ0v) is 11.7. The third-order valence-electron chi connectivity index (χ3n) is 4.30. The van der Waals surface area contributed by atoms with E-state index in [1.807, 2.05) is 15.5 Å². The van der Waals surface area contributed by atoms with Crippen molar-refractivity contribution in [2.45, 2.75) is 25.3 Å². The van der Waals surface area contributed by atoms with Gasteiger partial charge in [-0.2, -0.15) is 0 Å². The maximum Gasteiger partial charge on any atom is 0.310 e. The fourth-order valence-electron chi connectivity index (χ4n) is 3.60. The normalized spacial score (nSPS) is 24.4. The molecular formula is C15H18N2O4. The summed E-state index contributed by atoms with van der Waals surface area (Å²) in [7, 11) is 0. The number of rotatable bonds is 4. The fourth-order valence-corrected chi connectivity index (χ4v) is 3.60. The number of ketones is 1. The van der Waals surface area contributed by atoms with Crippen LogP contribution in [0.3, 0.4) is 0 Å². The van der Waals surface area contributed by atoms with Crippen LogP contribution >= 0.6 is 0 Å². The average Bonchev–Trinajstić information content (AvgIpc) is 2.39. The quantitative estimate of drug-likeness (QED) is 0.807. The van der Waals surface area contributed by atoms with E-state index in [1.54, 1.807) is 12.1 Å². The molecule has 1 N–H and O–H groups in total. The first-order valence-corrected chi connectivity index (χ1v) is 7.18. The summed E-state index contributed by atoms with van der Waals surface area (Å²) in [6.45, 7) is 2.35. The Morgan fingerprint density at radius 2 is 2.05 bits per heavy atom. The summed E-state index contributed by atoms with van der Waals surface area (Å²) in [5, 5.41) is 8.66. The van der Waals surface area contributed by atoms with E-state index in [0.29, 0.717) is 19.0 Å². The lowest BCUT2D eigenvalue weighted by molar-refractivity contribution is -0.140. The Morgan fingerprint density at radius 1 is 1.24 bits per heavy atom. The molecule has 0 spiro atoms. The minimum atomic E-state index is -1.07. The first kappa shape index (κ1) is 14.0. The second-order valence-electron chi connectivity index (χ2n) is 6.00. The lowest BCUT2D eigenvalue weighted by Crippen LogP contribution is -2.48. The van der Waals surface area contributed by atoms with Gasteiger partial charge in [0, 0.05) is 37.3 Å². The van der Waals surface area contributed by atoms with Gasteiger partial charge in [0.1, 0.15) is 6.42 Å². The van der Waals surface area contributed by atoms with Crippen LogP contribution in [-0.2, 0) is 16.1 Å². The third kappa shape index (κ3) is 2.90. The zero-order valence-electron chi connectivity index (χ0n) is 11.7. The topological polar surface area (TPSA) is 79.6 Å². The van der Waals surface area contributed by atoms with Gasteiger partial charge in [0.05, 0.1) is 6.54 Å². The van der Waals surface area contributed by atoms with Gasteiger partial charge in [-0.3, -0.25) is 19.3 Å². The van der Waals surface area contributed by atoms with E-state index >= 15 is 0 Å². The van der Waals surface area contributed by atoms with Crippen molar-refractivity contribution in [3.8, 4) is 0 Å². The molecule has 2 aliphatic rings. The second-order valence-corrected chi connectivity index (χ2v) is 6.00. The Labute approximate surface area is 122 Å². The molecule has 21 heavy (non-hydrogen) atoms. The highest BCUT2D eigenvalue weighted by atomic mass is 16.4. The highest BCUT2D eigenvalue weighted by Gasteiger charge is 2.34. The Hall–Kier alpha value is -1.95. The first-order valence-electron chi connectivity index (χ1n) is 7.18. The summed E-state index contributed by atoms with van der Waals surface area (Å²) >= 11 is 0. The van der Waals surface area contributed by atoms with Crippen LogP contribution in [0.25, 0.3) is 0 Å². The van der Waals surface area contributed by atoms with Gasteiger partial charge in [-0.25, -0.2) is 0 Å². The molecule has 0 aromatic carbocycles. The van der Waals surface area contributed by atoms with Gasteiger partial charge in [-0.05, 0) is 18.4 Å². The highest BCUT2D eigenvalue weighted by Crippen LogP contribution is 2.34. The molecule has 0 amide bonds. The van der Waals surface area contributed by atoms with Crippen LogP contribution in [0, 0.1) is 5.92 Å². The molecule has 0 aliphatic carbocycles. The second kappa shape index (κ2) is 5.44. The SMILES string of the molecule is O=C(O)CC(=O)CN1CC2CC(C1)c1cccc(=O)n1C2. The summed E-state index contributed by atoms with van der Waals surface area (Å²) in [5.41, 5.74) is 1.08. The smallest absolute Gasteiger partial charge is 0.310 e. The van der Waals surface area contributed by atoms with Crippen molar-refractivity contribution in [2.24, 2.45) is 5.92 Å². The maximum atomic E-state index is 11.9. The number of carboxylic acids is 1. The van der Waals surface area contributed by atoms with Crippen molar-refractivity contribution >= 4 is 11.8 Å². The van der Waals surface area contributed by atoms with Gasteiger partial charge in [0.25, 0.3) is 5.56 Å². The number of aromatic nitrogens is 1. The van der Waals surface area contributed by atoms with Gasteiger partial charge in [-0.15, -0.1) is 0 Å². The minimum absolute atomic E-state index is 0.0394. The van der Waals surface area contributed by atoms with Crippen LogP contribution in [0.4, 0.5) is 0 Å². The summed E-state index contributed by atoms with van der Waals surface area (Å²) in [6, 6.07) is 5.34. The van der Waals surface area contributed by atoms with Crippen molar-refractivity contribution < 1.29 is 14.7 Å². The van der Waals surface area contributed by atoms with E-state index in [9.17, 15) is 14.4 Å². The van der Waals surface area contributed by atoms with Crippen molar-refractivity contribution in [1.29, 1.82) is 0 Å². The van der Waals surface area contributed by atoms with Crippen LogP contribution in [0.2, 0.25) is 0 Å². The monoisotopic (exact) mass is 290 g/mol. The number of Topliss-reactive ketones (excluding diaryl/α,β-unsaturated/α-hetero) is 1. The first-order chi connectivity index (χ1) is 10.0. The fraction of sp³-hybridized carbons (Fsp3) is 0.533. The highest BCUT2D eigenvalue weighted by molar-refractivity contribution is 5.95. The van der Waals surface area contributed by atoms with Gasteiger partial charge in [0.2, 0.25) is 0 Å². The Bertz CT molecular complexity index is 637. The van der Waals surface area contributed by atoms with Gasteiger partial charge < -0.3 is 9.67 Å². The third-order valence-corrected chi connectivity index (χ3v) is 4.30. The van der Waals surface area contributed by atoms with Gasteiger partial charge in [-0.1, -0.05) is 6.07 Å². The average molecular weight is 290 g/mol. The molecule has 6 nitrogen and oxygen atoms in total. The number of aliphatic carboxylic acids is 1. The molecule has 1 fully saturated rings. The number of pyridine rings is 1. The predicted molar refractivity (Wildman–Crippen MR) is 75.2 cm³/mol. The molecule has 0 radical (unpaired) electrons. The van der Waals surface area contributed by atoms with E-state index in [0.717, 1.165) is 18.7 Å². The van der Waals surface area contributed by atoms with E-state index in [-0.39, 0.29) is 23.8 Å². The van der Waals surface area contributed by atoms with E-state index in [1.165, 1.54) is 0 Å². The van der Waals surface area contributed by atoms with E-state index in [4.69, 9.17) is 5.11 Å². The van der Waals surface area contributed by atoms with E-state index in [2.05, 4.69) is 0 Å². The molecule has 6 heteroatoms. The summed E-state index contributed by atoms with van der Waals surface area (Å²) in [5.74, 6) is -0.722. The number of carbonyl (C=O) groups excluding carboxylic acids is 1. The number of fused-ring (bicyclic) bond motifs is 4. The van der Waals surface area contributed by atoms with Crippen molar-refractivity contribution in [3.63, 3.8) is 0 Å². The molecule has 2 atom stereocenters. The Morgan fingerprint density at radius 3 is 2.81 bits per heavy atom. The molecule has 3 rings (SSSR count). The van der Waals surface area contributed by atoms with Crippen LogP contribution in [0.5, 0.6) is 0 Å². The maximum absolute atomic E-state index is 11.9. The molecular weight excluding hydrogens is 272 g/mol. The number of carboxylic acid groups (broad SMARTS) is 1. The molecule has 0 saturated carbocycles. The van der Waals surface area contributed by atoms with Crippen LogP contribution in [-0.4, -0.2) is 46.0 Å². The van der Waals surface area contributed by atoms with Crippen LogP contribution < -0.4 is 5.56 Å². The van der Waals surface area contributed by atoms with Crippen molar-refractivity contribution in [2.75, 3.05) is 19.6 Å². The molecule has 1 aromatic rings. The van der Waals surface area contributed by atoms with Crippen molar-refractivity contribution in [3.05, 3.63) is 34.2 Å². The molecule has 2 unspecified atom stereocenters. The number of likely N-dealkylation sites (tertiary alicyclic amines) is 1. The van der Waals surface area contributed by atoms with Gasteiger partial charge in [0.15, 0.2) is 5.78 Å². The molecule has 2 bridgehead atoms. The molecule has 1 saturated heterocycles. The van der Waals surface area contributed by atoms with Crippen molar-refractivity contribution in [1.82, 2.24) is 9.47 Å². The standard InChI is InChI=1S/C15H18N2O4/c18-12(5-15(20)21)9-16-6-10-4-11(8-16)13-2-1-3-14(19)17(13)7-10/h1-3,10-11H,4-9H2,(H,20,21). The van der Waals surface area contributed by atoms with E-state index < -0.39 is 12.4 Å². The van der Waals surface area contributed by atoms with Crippen LogP contribution in [0.1, 0.15) is 24.5 Å². The minimum Gasteiger partial charge on any atom is -0.481 e. The Kier molecular flexibility index (Phi) is 3.63. The molecule has 3 heterocycles. The lowest BCUT2D eigenvalue weighted by atomic mass is 9.83. The number of piperidine rings is 1. The largest absolute Gasteiger partial charge is 0.481 e. The van der Waals surface area contributed by atoms with Gasteiger partial charge >= 0.3 is 5.97 Å². The predicted octanol–water partition coefficient (Wildman–Crippen LogP) is 0.311. The number of nitrogens with zero attached hydrogens (tertiary/aromatic N) is 2. The van der Waals surface area contributed by atoms with Crippen LogP contribution in [0.15, 0.2) is 23.0 Å². The Balaban J connectivity index is 1.74. The molecule has 112 valence electrons.